The van der Waals surface area contributed by atoms with Gasteiger partial charge in [-0.2, -0.15) is 0 Å². The highest BCUT2D eigenvalue weighted by Crippen LogP contribution is 2.29. The maximum atomic E-state index is 14.4. The van der Waals surface area contributed by atoms with Gasteiger partial charge >= 0.3 is 0 Å². The third-order valence-corrected chi connectivity index (χ3v) is 4.66. The normalized spacial score (nSPS) is 14.6. The van der Waals surface area contributed by atoms with Crippen molar-refractivity contribution < 1.29 is 4.39 Å². The maximum absolute atomic E-state index is 14.4. The van der Waals surface area contributed by atoms with Crippen LogP contribution in [0.1, 0.15) is 5.56 Å². The third kappa shape index (κ3) is 3.40. The summed E-state index contributed by atoms with van der Waals surface area (Å²) in [6.45, 7) is 3.66. The van der Waals surface area contributed by atoms with Crippen molar-refractivity contribution in [3.8, 4) is 0 Å². The summed E-state index contributed by atoms with van der Waals surface area (Å²) in [5.74, 6) is -0.320. The Morgan fingerprint density at radius 1 is 1.15 bits per heavy atom. The first-order valence-corrected chi connectivity index (χ1v) is 8.82. The molecule has 3 aromatic rings. The monoisotopic (exact) mass is 372 g/mol. The predicted molar refractivity (Wildman–Crippen MR) is 101 cm³/mol. The quantitative estimate of drug-likeness (QED) is 0.734. The van der Waals surface area contributed by atoms with Crippen molar-refractivity contribution in [3.05, 3.63) is 53.3 Å². The van der Waals surface area contributed by atoms with E-state index in [-0.39, 0.29) is 5.82 Å². The molecule has 8 heteroatoms. The zero-order valence-electron chi connectivity index (χ0n) is 14.0. The Morgan fingerprint density at radius 3 is 2.81 bits per heavy atom. The van der Waals surface area contributed by atoms with E-state index in [1.54, 1.807) is 18.6 Å². The van der Waals surface area contributed by atoms with Gasteiger partial charge in [0.15, 0.2) is 5.82 Å². The Balaban J connectivity index is 1.59. The van der Waals surface area contributed by atoms with Crippen LogP contribution in [0.5, 0.6) is 0 Å². The second-order valence-corrected chi connectivity index (χ2v) is 6.52. The molecule has 1 aliphatic heterocycles. The molecule has 2 aromatic heterocycles. The lowest BCUT2D eigenvalue weighted by Crippen LogP contribution is -2.44. The zero-order valence-corrected chi connectivity index (χ0v) is 14.8. The average Bonchev–Trinajstić information content (AvgIpc) is 2.67. The van der Waals surface area contributed by atoms with Crippen LogP contribution in [-0.4, -0.2) is 41.1 Å². The average molecular weight is 373 g/mol. The standard InChI is InChI=1S/C18H18ClFN6/c19-13-7-12(8-15-17(13)24-2-1-23-15)9-25-16-11-22-10-14(20)18(16)26-5-3-21-4-6-26/h1-2,7-8,10-11,21,25H,3-6,9H2. The van der Waals surface area contributed by atoms with Crippen LogP contribution >= 0.6 is 11.6 Å². The first-order chi connectivity index (χ1) is 12.7. The van der Waals surface area contributed by atoms with Gasteiger partial charge in [-0.25, -0.2) is 4.39 Å². The van der Waals surface area contributed by atoms with E-state index < -0.39 is 0 Å². The molecule has 1 fully saturated rings. The van der Waals surface area contributed by atoms with E-state index in [0.29, 0.717) is 28.5 Å². The van der Waals surface area contributed by atoms with Gasteiger partial charge in [0, 0.05) is 45.1 Å². The van der Waals surface area contributed by atoms with Gasteiger partial charge < -0.3 is 15.5 Å². The Bertz CT molecular complexity index is 929. The molecule has 6 nitrogen and oxygen atoms in total. The summed E-state index contributed by atoms with van der Waals surface area (Å²) in [7, 11) is 0. The Kier molecular flexibility index (Phi) is 4.81. The van der Waals surface area contributed by atoms with Crippen molar-refractivity contribution in [2.24, 2.45) is 0 Å². The van der Waals surface area contributed by atoms with Crippen LogP contribution in [0, 0.1) is 5.82 Å². The lowest BCUT2D eigenvalue weighted by atomic mass is 10.2. The topological polar surface area (TPSA) is 66.0 Å². The van der Waals surface area contributed by atoms with Crippen LogP contribution in [0.4, 0.5) is 15.8 Å². The summed E-state index contributed by atoms with van der Waals surface area (Å²) in [5, 5.41) is 7.11. The van der Waals surface area contributed by atoms with Crippen LogP contribution in [-0.2, 0) is 6.54 Å². The van der Waals surface area contributed by atoms with Gasteiger partial charge in [0.25, 0.3) is 0 Å². The van der Waals surface area contributed by atoms with Crippen molar-refractivity contribution in [2.45, 2.75) is 6.54 Å². The number of halogens is 2. The number of nitrogens with zero attached hydrogens (tertiary/aromatic N) is 4. The molecule has 0 atom stereocenters. The molecular weight excluding hydrogens is 355 g/mol. The number of pyridine rings is 1. The number of benzene rings is 1. The molecule has 0 spiro atoms. The number of hydrogen-bond donors (Lipinski definition) is 2. The van der Waals surface area contributed by atoms with Crippen molar-refractivity contribution in [1.29, 1.82) is 0 Å². The highest BCUT2D eigenvalue weighted by molar-refractivity contribution is 6.34. The third-order valence-electron chi connectivity index (χ3n) is 4.38. The molecule has 0 amide bonds. The molecule has 2 N–H and O–H groups in total. The number of nitrogens with one attached hydrogen (secondary N) is 2. The van der Waals surface area contributed by atoms with E-state index in [1.807, 2.05) is 17.0 Å². The molecule has 1 aliphatic rings. The highest BCUT2D eigenvalue weighted by Gasteiger charge is 2.19. The first kappa shape index (κ1) is 16.9. The Hall–Kier alpha value is -2.51. The smallest absolute Gasteiger partial charge is 0.166 e. The summed E-state index contributed by atoms with van der Waals surface area (Å²) >= 11 is 6.30. The minimum atomic E-state index is -0.320. The van der Waals surface area contributed by atoms with Crippen molar-refractivity contribution >= 4 is 34.0 Å². The molecule has 0 saturated carbocycles. The Labute approximate surface area is 155 Å². The lowest BCUT2D eigenvalue weighted by Gasteiger charge is -2.31. The summed E-state index contributed by atoms with van der Waals surface area (Å²) in [5.41, 5.74) is 3.58. The molecule has 26 heavy (non-hydrogen) atoms. The van der Waals surface area contributed by atoms with E-state index in [4.69, 9.17) is 11.6 Å². The second kappa shape index (κ2) is 7.39. The van der Waals surface area contributed by atoms with E-state index >= 15 is 0 Å². The highest BCUT2D eigenvalue weighted by atomic mass is 35.5. The van der Waals surface area contributed by atoms with E-state index in [9.17, 15) is 4.39 Å². The number of piperazine rings is 1. The van der Waals surface area contributed by atoms with Crippen LogP contribution in [0.15, 0.2) is 36.9 Å². The number of aromatic nitrogens is 3. The van der Waals surface area contributed by atoms with Crippen molar-refractivity contribution in [1.82, 2.24) is 20.3 Å². The molecule has 4 rings (SSSR count). The largest absolute Gasteiger partial charge is 0.378 e. The lowest BCUT2D eigenvalue weighted by molar-refractivity contribution is 0.564. The number of rotatable bonds is 4. The van der Waals surface area contributed by atoms with Gasteiger partial charge in [0.2, 0.25) is 0 Å². The van der Waals surface area contributed by atoms with Crippen LogP contribution in [0.3, 0.4) is 0 Å². The number of anilines is 2. The van der Waals surface area contributed by atoms with Gasteiger partial charge in [-0.1, -0.05) is 11.6 Å². The first-order valence-electron chi connectivity index (χ1n) is 8.44. The minimum Gasteiger partial charge on any atom is -0.378 e. The van der Waals surface area contributed by atoms with Crippen LogP contribution in [0.2, 0.25) is 5.02 Å². The molecule has 134 valence electrons. The van der Waals surface area contributed by atoms with Crippen LogP contribution < -0.4 is 15.5 Å². The molecule has 1 saturated heterocycles. The fourth-order valence-electron chi connectivity index (χ4n) is 3.15. The summed E-state index contributed by atoms with van der Waals surface area (Å²) in [6.07, 6.45) is 6.16. The summed E-state index contributed by atoms with van der Waals surface area (Å²) in [4.78, 5) is 14.6. The van der Waals surface area contributed by atoms with Crippen LogP contribution in [0.25, 0.3) is 11.0 Å². The number of hydrogen-bond acceptors (Lipinski definition) is 6. The SMILES string of the molecule is Fc1cncc(NCc2cc(Cl)c3nccnc3c2)c1N1CCNCC1. The van der Waals surface area contributed by atoms with E-state index in [1.165, 1.54) is 6.20 Å². The minimum absolute atomic E-state index is 0.320. The molecule has 0 radical (unpaired) electrons. The van der Waals surface area contributed by atoms with E-state index in [0.717, 1.165) is 37.3 Å². The summed E-state index contributed by atoms with van der Waals surface area (Å²) in [6, 6.07) is 3.78. The molecule has 0 unspecified atom stereocenters. The van der Waals surface area contributed by atoms with E-state index in [2.05, 4.69) is 25.6 Å². The van der Waals surface area contributed by atoms with Gasteiger partial charge in [-0.3, -0.25) is 15.0 Å². The van der Waals surface area contributed by atoms with Gasteiger partial charge in [-0.05, 0) is 17.7 Å². The molecular formula is C18H18ClFN6. The van der Waals surface area contributed by atoms with Gasteiger partial charge in [0.1, 0.15) is 5.52 Å². The van der Waals surface area contributed by atoms with Crippen molar-refractivity contribution in [3.63, 3.8) is 0 Å². The maximum Gasteiger partial charge on any atom is 0.166 e. The molecule has 0 aliphatic carbocycles. The predicted octanol–water partition coefficient (Wildman–Crippen LogP) is 2.84. The Morgan fingerprint density at radius 2 is 1.96 bits per heavy atom. The van der Waals surface area contributed by atoms with Gasteiger partial charge in [0.05, 0.1) is 34.3 Å². The zero-order chi connectivity index (χ0) is 17.9. The molecule has 1 aromatic carbocycles. The number of fused-ring (bicyclic) bond motifs is 1. The summed E-state index contributed by atoms with van der Waals surface area (Å²) < 4.78 is 14.4. The fourth-order valence-corrected chi connectivity index (χ4v) is 3.44. The second-order valence-electron chi connectivity index (χ2n) is 6.11. The molecule has 0 bridgehead atoms. The van der Waals surface area contributed by atoms with Gasteiger partial charge in [-0.15, -0.1) is 0 Å². The van der Waals surface area contributed by atoms with Crippen molar-refractivity contribution in [2.75, 3.05) is 36.4 Å². The fraction of sp³-hybridized carbons (Fsp3) is 0.278. The molecule has 3 heterocycles.